The number of nitrogens with zero attached hydrogens (tertiary/aromatic N) is 2. The maximum Gasteiger partial charge on any atom is 0.244 e. The fourth-order valence-electron chi connectivity index (χ4n) is 3.31. The van der Waals surface area contributed by atoms with Crippen molar-refractivity contribution in [3.8, 4) is 0 Å². The summed E-state index contributed by atoms with van der Waals surface area (Å²) < 4.78 is 1.90. The van der Waals surface area contributed by atoms with E-state index in [4.69, 9.17) is 11.6 Å². The molecule has 0 bridgehead atoms. The van der Waals surface area contributed by atoms with Crippen molar-refractivity contribution < 1.29 is 9.90 Å². The van der Waals surface area contributed by atoms with E-state index in [0.717, 1.165) is 22.5 Å². The van der Waals surface area contributed by atoms with E-state index in [1.165, 1.54) is 6.08 Å². The van der Waals surface area contributed by atoms with Crippen LogP contribution in [0, 0.1) is 19.3 Å². The van der Waals surface area contributed by atoms with Crippen molar-refractivity contribution in [3.05, 3.63) is 57.9 Å². The number of hydrogen-bond acceptors (Lipinski definition) is 3. The number of benzene rings is 1. The minimum Gasteiger partial charge on any atom is -0.393 e. The minimum absolute atomic E-state index is 0.156. The lowest BCUT2D eigenvalue weighted by atomic mass is 9.87. The van der Waals surface area contributed by atoms with E-state index in [1.807, 2.05) is 56.6 Å². The second-order valence-electron chi connectivity index (χ2n) is 8.10. The van der Waals surface area contributed by atoms with E-state index >= 15 is 0 Å². The van der Waals surface area contributed by atoms with Crippen molar-refractivity contribution in [3.63, 3.8) is 0 Å². The van der Waals surface area contributed by atoms with Crippen LogP contribution in [0.1, 0.15) is 49.7 Å². The summed E-state index contributed by atoms with van der Waals surface area (Å²) in [7, 11) is 0. The van der Waals surface area contributed by atoms with Crippen LogP contribution in [-0.4, -0.2) is 33.4 Å². The monoisotopic (exact) mass is 403 g/mol. The number of halogens is 1. The first-order chi connectivity index (χ1) is 13.1. The van der Waals surface area contributed by atoms with Crippen molar-refractivity contribution in [1.82, 2.24) is 15.1 Å². The average Bonchev–Trinajstić information content (AvgIpc) is 2.86. The first kappa shape index (κ1) is 22.2. The highest BCUT2D eigenvalue weighted by Gasteiger charge is 2.20. The van der Waals surface area contributed by atoms with Crippen LogP contribution in [0.2, 0.25) is 5.02 Å². The molecular formula is C22H30ClN3O2. The number of nitrogens with one attached hydrogen (secondary N) is 1. The molecule has 1 amide bonds. The van der Waals surface area contributed by atoms with Crippen molar-refractivity contribution in [2.45, 2.75) is 53.7 Å². The Morgan fingerprint density at radius 3 is 2.68 bits per heavy atom. The van der Waals surface area contributed by atoms with E-state index in [1.54, 1.807) is 13.0 Å². The summed E-state index contributed by atoms with van der Waals surface area (Å²) in [6, 6.07) is 7.71. The molecule has 0 aliphatic carbocycles. The Morgan fingerprint density at radius 2 is 2.04 bits per heavy atom. The van der Waals surface area contributed by atoms with Crippen molar-refractivity contribution in [2.75, 3.05) is 6.54 Å². The van der Waals surface area contributed by atoms with Gasteiger partial charge in [-0.1, -0.05) is 43.6 Å². The first-order valence-electron chi connectivity index (χ1n) is 9.50. The van der Waals surface area contributed by atoms with Crippen LogP contribution in [0.3, 0.4) is 0 Å². The van der Waals surface area contributed by atoms with Crippen molar-refractivity contribution in [1.29, 1.82) is 0 Å². The highest BCUT2D eigenvalue weighted by molar-refractivity contribution is 6.31. The molecule has 0 fully saturated rings. The molecule has 2 rings (SSSR count). The Hall–Kier alpha value is -2.11. The molecule has 0 unspecified atom stereocenters. The fourth-order valence-corrected chi connectivity index (χ4v) is 3.51. The summed E-state index contributed by atoms with van der Waals surface area (Å²) >= 11 is 6.26. The van der Waals surface area contributed by atoms with Gasteiger partial charge in [0.05, 0.1) is 18.3 Å². The predicted octanol–water partition coefficient (Wildman–Crippen LogP) is 4.13. The molecule has 1 aromatic heterocycles. The van der Waals surface area contributed by atoms with Gasteiger partial charge in [0, 0.05) is 28.9 Å². The molecule has 5 nitrogen and oxygen atoms in total. The highest BCUT2D eigenvalue weighted by atomic mass is 35.5. The second kappa shape index (κ2) is 9.39. The van der Waals surface area contributed by atoms with Crippen LogP contribution in [0.4, 0.5) is 0 Å². The smallest absolute Gasteiger partial charge is 0.244 e. The number of amides is 1. The average molecular weight is 404 g/mol. The van der Waals surface area contributed by atoms with E-state index in [-0.39, 0.29) is 11.3 Å². The summed E-state index contributed by atoms with van der Waals surface area (Å²) in [6.45, 7) is 10.8. The van der Waals surface area contributed by atoms with Crippen LogP contribution in [0.5, 0.6) is 0 Å². The number of aromatic nitrogens is 2. The standard InChI is InChI=1S/C22H30ClN3O2/c1-15(27)12-22(4,5)14-24-21(28)11-10-19-16(2)25-26(17(19)3)13-18-8-6-7-9-20(18)23/h6-11,15,27H,12-14H2,1-5H3,(H,24,28)/b11-10+/t15-/m1/s1. The molecule has 1 atom stereocenters. The summed E-state index contributed by atoms with van der Waals surface area (Å²) in [5.41, 5.74) is 3.62. The van der Waals surface area contributed by atoms with Crippen LogP contribution in [0.25, 0.3) is 6.08 Å². The quantitative estimate of drug-likeness (QED) is 0.651. The molecule has 1 aromatic carbocycles. The summed E-state index contributed by atoms with van der Waals surface area (Å²) in [6.07, 6.45) is 3.58. The van der Waals surface area contributed by atoms with Gasteiger partial charge in [0.25, 0.3) is 0 Å². The number of hydrogen-bond donors (Lipinski definition) is 2. The largest absolute Gasteiger partial charge is 0.393 e. The zero-order valence-corrected chi connectivity index (χ0v) is 18.0. The number of aliphatic hydroxyl groups excluding tert-OH is 1. The number of aliphatic hydroxyl groups is 1. The Labute approximate surface area is 172 Å². The number of rotatable bonds is 8. The maximum atomic E-state index is 12.2. The van der Waals surface area contributed by atoms with Gasteiger partial charge in [-0.05, 0) is 50.3 Å². The summed E-state index contributed by atoms with van der Waals surface area (Å²) in [5.74, 6) is -0.156. The molecule has 0 saturated heterocycles. The third kappa shape index (κ3) is 6.21. The SMILES string of the molecule is Cc1nn(Cc2ccccc2Cl)c(C)c1/C=C/C(=O)NCC(C)(C)C[C@@H](C)O. The topological polar surface area (TPSA) is 67.2 Å². The molecule has 1 heterocycles. The third-order valence-corrected chi connectivity index (χ3v) is 5.07. The third-order valence-electron chi connectivity index (χ3n) is 4.71. The molecule has 2 N–H and O–H groups in total. The van der Waals surface area contributed by atoms with Gasteiger partial charge in [0.1, 0.15) is 0 Å². The fraction of sp³-hybridized carbons (Fsp3) is 0.455. The Balaban J connectivity index is 2.05. The molecular weight excluding hydrogens is 374 g/mol. The van der Waals surface area contributed by atoms with Crippen molar-refractivity contribution >= 4 is 23.6 Å². The molecule has 6 heteroatoms. The first-order valence-corrected chi connectivity index (χ1v) is 9.88. The van der Waals surface area contributed by atoms with E-state index < -0.39 is 6.10 Å². The predicted molar refractivity (Wildman–Crippen MR) is 114 cm³/mol. The lowest BCUT2D eigenvalue weighted by Gasteiger charge is -2.26. The lowest BCUT2D eigenvalue weighted by Crippen LogP contribution is -2.34. The molecule has 0 spiro atoms. The minimum atomic E-state index is -0.392. The highest BCUT2D eigenvalue weighted by Crippen LogP contribution is 2.22. The molecule has 28 heavy (non-hydrogen) atoms. The molecule has 0 radical (unpaired) electrons. The van der Waals surface area contributed by atoms with Gasteiger partial charge in [-0.15, -0.1) is 0 Å². The summed E-state index contributed by atoms with van der Waals surface area (Å²) in [5, 5.41) is 17.8. The van der Waals surface area contributed by atoms with Gasteiger partial charge in [-0.2, -0.15) is 5.10 Å². The van der Waals surface area contributed by atoms with Gasteiger partial charge >= 0.3 is 0 Å². The number of aryl methyl sites for hydroxylation is 1. The van der Waals surface area contributed by atoms with Crippen LogP contribution in [0.15, 0.2) is 30.3 Å². The van der Waals surface area contributed by atoms with E-state index in [2.05, 4.69) is 10.4 Å². The maximum absolute atomic E-state index is 12.2. The molecule has 0 aliphatic heterocycles. The second-order valence-corrected chi connectivity index (χ2v) is 8.51. The van der Waals surface area contributed by atoms with Gasteiger partial charge < -0.3 is 10.4 Å². The Kier molecular flexibility index (Phi) is 7.44. The van der Waals surface area contributed by atoms with E-state index in [0.29, 0.717) is 24.5 Å². The zero-order valence-electron chi connectivity index (χ0n) is 17.3. The van der Waals surface area contributed by atoms with Gasteiger partial charge in [0.2, 0.25) is 5.91 Å². The van der Waals surface area contributed by atoms with Gasteiger partial charge in [-0.25, -0.2) is 0 Å². The van der Waals surface area contributed by atoms with Gasteiger partial charge in [-0.3, -0.25) is 9.48 Å². The van der Waals surface area contributed by atoms with Crippen LogP contribution in [-0.2, 0) is 11.3 Å². The Bertz CT molecular complexity index is 853. The summed E-state index contributed by atoms with van der Waals surface area (Å²) in [4.78, 5) is 12.2. The zero-order chi connectivity index (χ0) is 20.9. The number of carbonyl (C=O) groups excluding carboxylic acids is 1. The van der Waals surface area contributed by atoms with Crippen LogP contribution >= 0.6 is 11.6 Å². The Morgan fingerprint density at radius 1 is 1.36 bits per heavy atom. The molecule has 152 valence electrons. The number of carbonyl (C=O) groups is 1. The molecule has 0 saturated carbocycles. The molecule has 0 aliphatic rings. The molecule has 2 aromatic rings. The lowest BCUT2D eigenvalue weighted by molar-refractivity contribution is -0.117. The normalized spacial score (nSPS) is 13.1. The van der Waals surface area contributed by atoms with Crippen LogP contribution < -0.4 is 5.32 Å². The van der Waals surface area contributed by atoms with Crippen molar-refractivity contribution in [2.24, 2.45) is 5.41 Å². The van der Waals surface area contributed by atoms with E-state index in [9.17, 15) is 9.90 Å². The van der Waals surface area contributed by atoms with Gasteiger partial charge in [0.15, 0.2) is 0 Å².